The van der Waals surface area contributed by atoms with Gasteiger partial charge in [0.25, 0.3) is 0 Å². The summed E-state index contributed by atoms with van der Waals surface area (Å²) in [5, 5.41) is 0. The van der Waals surface area contributed by atoms with Crippen LogP contribution in [0.1, 0.15) is 54.0 Å². The van der Waals surface area contributed by atoms with E-state index in [-0.39, 0.29) is 49.8 Å². The summed E-state index contributed by atoms with van der Waals surface area (Å²) in [5.74, 6) is 0.123. The highest BCUT2D eigenvalue weighted by Crippen LogP contribution is 2.16. The zero-order valence-corrected chi connectivity index (χ0v) is 17.0. The van der Waals surface area contributed by atoms with Crippen molar-refractivity contribution in [3.63, 3.8) is 0 Å². The highest BCUT2D eigenvalue weighted by atomic mass is 32.3. The van der Waals surface area contributed by atoms with Gasteiger partial charge in [0.05, 0.1) is 6.61 Å². The van der Waals surface area contributed by atoms with E-state index in [0.29, 0.717) is 6.42 Å². The Labute approximate surface area is 164 Å². The lowest BCUT2D eigenvalue weighted by atomic mass is 9.92. The average molecular weight is 403 g/mol. The van der Waals surface area contributed by atoms with Gasteiger partial charge < -0.3 is 0 Å². The Hall–Kier alpha value is -1.57. The third kappa shape index (κ3) is 15.2. The number of Topliss-reactive ketones (excluding diaryl/α,β-unsaturated/α-hetero) is 2. The fourth-order valence-corrected chi connectivity index (χ4v) is 2.20. The van der Waals surface area contributed by atoms with Crippen LogP contribution >= 0.6 is 0 Å². The van der Waals surface area contributed by atoms with E-state index in [1.165, 1.54) is 0 Å². The molecule has 1 N–H and O–H groups in total. The maximum Gasteiger partial charge on any atom is 0.397 e. The molecule has 0 saturated heterocycles. The van der Waals surface area contributed by atoms with Gasteiger partial charge in [-0.05, 0) is 24.8 Å². The van der Waals surface area contributed by atoms with E-state index in [0.717, 1.165) is 5.56 Å². The van der Waals surface area contributed by atoms with Crippen molar-refractivity contribution in [2.75, 3.05) is 6.61 Å². The lowest BCUT2D eigenvalue weighted by Gasteiger charge is -2.16. The van der Waals surface area contributed by atoms with Crippen LogP contribution in [0.3, 0.4) is 0 Å². The van der Waals surface area contributed by atoms with Crippen molar-refractivity contribution in [2.24, 2.45) is 17.8 Å². The van der Waals surface area contributed by atoms with E-state index in [2.05, 4.69) is 4.18 Å². The Morgan fingerprint density at radius 3 is 1.89 bits per heavy atom. The number of carbonyl (C=O) groups is 2. The molecule has 1 aromatic carbocycles. The first-order valence-electron chi connectivity index (χ1n) is 8.61. The summed E-state index contributed by atoms with van der Waals surface area (Å²) in [6, 6.07) is 9.44. The molecule has 0 aliphatic rings. The topological polar surface area (TPSA) is 97.7 Å². The molecule has 0 spiro atoms. The second-order valence-electron chi connectivity index (χ2n) is 6.86. The minimum absolute atomic E-state index is 0. The molecule has 0 bridgehead atoms. The minimum Gasteiger partial charge on any atom is -0.300 e. The predicted molar refractivity (Wildman–Crippen MR) is 108 cm³/mol. The Balaban J connectivity index is 0. The third-order valence-electron chi connectivity index (χ3n) is 3.77. The number of benzene rings is 1. The third-order valence-corrected chi connectivity index (χ3v) is 4.20. The summed E-state index contributed by atoms with van der Waals surface area (Å²) in [6.07, 6.45) is 0.747. The van der Waals surface area contributed by atoms with Gasteiger partial charge in [-0.2, -0.15) is 8.42 Å². The van der Waals surface area contributed by atoms with E-state index in [9.17, 15) is 18.0 Å². The van der Waals surface area contributed by atoms with E-state index < -0.39 is 10.4 Å². The Morgan fingerprint density at radius 1 is 1.04 bits per heavy atom. The van der Waals surface area contributed by atoms with Gasteiger partial charge in [-0.15, -0.1) is 0 Å². The molecule has 27 heavy (non-hydrogen) atoms. The Bertz CT molecular complexity index is 650. The van der Waals surface area contributed by atoms with Gasteiger partial charge in [-0.25, -0.2) is 4.18 Å². The van der Waals surface area contributed by atoms with E-state index in [1.54, 1.807) is 20.8 Å². The molecule has 0 aromatic heterocycles. The molecule has 0 saturated carbocycles. The molecule has 0 aliphatic carbocycles. The van der Waals surface area contributed by atoms with Crippen molar-refractivity contribution >= 4 is 22.0 Å². The molecular weight excluding hydrogens is 368 g/mol. The molecule has 0 amide bonds. The fraction of sp³-hybridized carbons (Fsp3) is 0.600. The first-order chi connectivity index (χ1) is 11.9. The summed E-state index contributed by atoms with van der Waals surface area (Å²) in [7, 11) is -4.48. The van der Waals surface area contributed by atoms with Gasteiger partial charge in [-0.3, -0.25) is 14.1 Å². The van der Waals surface area contributed by atoms with Crippen molar-refractivity contribution in [1.29, 1.82) is 0 Å². The Kier molecular flexibility index (Phi) is 13.9. The van der Waals surface area contributed by atoms with Crippen LogP contribution in [0.5, 0.6) is 0 Å². The molecule has 0 heterocycles. The molecule has 1 rings (SSSR count). The van der Waals surface area contributed by atoms with Crippen molar-refractivity contribution in [2.45, 2.75) is 54.9 Å². The van der Waals surface area contributed by atoms with Gasteiger partial charge in [0, 0.05) is 18.3 Å². The maximum absolute atomic E-state index is 11.8. The van der Waals surface area contributed by atoms with Crippen LogP contribution in [0.4, 0.5) is 0 Å². The number of ketones is 2. The molecule has 156 valence electrons. The maximum atomic E-state index is 11.8. The molecule has 7 heteroatoms. The van der Waals surface area contributed by atoms with Crippen molar-refractivity contribution < 1.29 is 26.7 Å². The van der Waals surface area contributed by atoms with Gasteiger partial charge in [0.2, 0.25) is 0 Å². The number of carbonyl (C=O) groups excluding carboxylic acids is 2. The Morgan fingerprint density at radius 2 is 1.52 bits per heavy atom. The SMILES string of the molecule is C.CC(=O)C(C)C.CC(C)C(=O)C[C@H](COS(=O)(=O)O)Cc1ccccc1. The summed E-state index contributed by atoms with van der Waals surface area (Å²) >= 11 is 0. The largest absolute Gasteiger partial charge is 0.397 e. The molecular formula is C20H34O6S. The first-order valence-corrected chi connectivity index (χ1v) is 9.97. The van der Waals surface area contributed by atoms with Crippen molar-refractivity contribution in [3.05, 3.63) is 35.9 Å². The molecule has 6 nitrogen and oxygen atoms in total. The summed E-state index contributed by atoms with van der Waals surface area (Å²) in [6.45, 7) is 8.78. The van der Waals surface area contributed by atoms with Crippen LogP contribution in [0.2, 0.25) is 0 Å². The highest BCUT2D eigenvalue weighted by molar-refractivity contribution is 7.80. The van der Waals surface area contributed by atoms with Crippen LogP contribution < -0.4 is 0 Å². The van der Waals surface area contributed by atoms with E-state index >= 15 is 0 Å². The standard InChI is InChI=1S/C14H20O5S.C5H10O.CH4/c1-11(2)14(15)9-13(10-19-20(16,17)18)8-12-6-4-3-5-7-12;1-4(2)5(3)6;/h3-7,11,13H,8-10H2,1-2H3,(H,16,17,18);4H,1-3H3;1H4/t13-;;/m1../s1. The van der Waals surface area contributed by atoms with E-state index in [1.807, 2.05) is 44.2 Å². The quantitative estimate of drug-likeness (QED) is 0.623. The van der Waals surface area contributed by atoms with Gasteiger partial charge in [0.1, 0.15) is 11.6 Å². The smallest absolute Gasteiger partial charge is 0.300 e. The normalized spacial score (nSPS) is 12.0. The zero-order chi connectivity index (χ0) is 20.3. The summed E-state index contributed by atoms with van der Waals surface area (Å²) in [5.41, 5.74) is 0.994. The zero-order valence-electron chi connectivity index (χ0n) is 16.1. The van der Waals surface area contributed by atoms with Crippen molar-refractivity contribution in [3.8, 4) is 0 Å². The van der Waals surface area contributed by atoms with Crippen LogP contribution in [0, 0.1) is 17.8 Å². The van der Waals surface area contributed by atoms with Crippen LogP contribution in [0.25, 0.3) is 0 Å². The van der Waals surface area contributed by atoms with Gasteiger partial charge in [-0.1, -0.05) is 65.5 Å². The average Bonchev–Trinajstić information content (AvgIpc) is 2.53. The molecule has 0 radical (unpaired) electrons. The number of hydrogen-bond acceptors (Lipinski definition) is 5. The molecule has 1 aromatic rings. The molecule has 0 aliphatic heterocycles. The summed E-state index contributed by atoms with van der Waals surface area (Å²) < 4.78 is 34.4. The predicted octanol–water partition coefficient (Wildman–Crippen LogP) is 4.15. The summed E-state index contributed by atoms with van der Waals surface area (Å²) in [4.78, 5) is 21.9. The van der Waals surface area contributed by atoms with Crippen LogP contribution in [-0.4, -0.2) is 31.1 Å². The number of rotatable bonds is 9. The lowest BCUT2D eigenvalue weighted by Crippen LogP contribution is -2.21. The highest BCUT2D eigenvalue weighted by Gasteiger charge is 2.19. The minimum atomic E-state index is -4.48. The van der Waals surface area contributed by atoms with E-state index in [4.69, 9.17) is 4.55 Å². The van der Waals surface area contributed by atoms with Gasteiger partial charge in [0.15, 0.2) is 0 Å². The second kappa shape index (κ2) is 13.6. The molecule has 1 atom stereocenters. The van der Waals surface area contributed by atoms with Crippen molar-refractivity contribution in [1.82, 2.24) is 0 Å². The van der Waals surface area contributed by atoms with Crippen LogP contribution in [0.15, 0.2) is 30.3 Å². The monoisotopic (exact) mass is 402 g/mol. The molecule has 0 fully saturated rings. The van der Waals surface area contributed by atoms with Crippen LogP contribution in [-0.2, 0) is 30.6 Å². The van der Waals surface area contributed by atoms with Gasteiger partial charge >= 0.3 is 10.4 Å². The second-order valence-corrected chi connectivity index (χ2v) is 7.95. The first kappa shape index (κ1) is 27.6. The number of hydrogen-bond donors (Lipinski definition) is 1. The molecule has 0 unspecified atom stereocenters. The lowest BCUT2D eigenvalue weighted by molar-refractivity contribution is -0.123. The fourth-order valence-electron chi connectivity index (χ4n) is 1.84.